The lowest BCUT2D eigenvalue weighted by Gasteiger charge is -2.18. The Bertz CT molecular complexity index is 1670. The van der Waals surface area contributed by atoms with Gasteiger partial charge in [-0.2, -0.15) is 18.3 Å². The summed E-state index contributed by atoms with van der Waals surface area (Å²) in [7, 11) is 1.46. The van der Waals surface area contributed by atoms with Crippen LogP contribution in [0.4, 0.5) is 30.2 Å². The number of hydrazone groups is 1. The highest BCUT2D eigenvalue weighted by Crippen LogP contribution is 2.41. The van der Waals surface area contributed by atoms with E-state index in [1.807, 2.05) is 0 Å². The number of amides is 1. The van der Waals surface area contributed by atoms with Crippen molar-refractivity contribution in [1.82, 2.24) is 0 Å². The SMILES string of the molecule is COc1ccc(N2C(=O)/C(=N\Nc3cccc(-c4cccc(C(=O)O)c4)c3O)c3ccc(C(F)(F)F)cc32)cc1. The number of alkyl halides is 3. The van der Waals surface area contributed by atoms with E-state index >= 15 is 0 Å². The lowest BCUT2D eigenvalue weighted by molar-refractivity contribution is -0.137. The highest BCUT2D eigenvalue weighted by atomic mass is 19.4. The van der Waals surface area contributed by atoms with Crippen LogP contribution in [0.25, 0.3) is 11.1 Å². The molecule has 1 heterocycles. The first-order valence-electron chi connectivity index (χ1n) is 11.8. The molecule has 1 aliphatic heterocycles. The number of hydrogen-bond donors (Lipinski definition) is 3. The number of carboxylic acid groups (broad SMARTS) is 1. The number of hydrogen-bond acceptors (Lipinski definition) is 6. The van der Waals surface area contributed by atoms with Crippen LogP contribution < -0.4 is 15.1 Å². The summed E-state index contributed by atoms with van der Waals surface area (Å²) in [4.78, 5) is 26.0. The molecular formula is C29H20F3N3O5. The highest BCUT2D eigenvalue weighted by molar-refractivity contribution is 6.55. The van der Waals surface area contributed by atoms with Crippen LogP contribution in [0.1, 0.15) is 21.5 Å². The van der Waals surface area contributed by atoms with E-state index in [4.69, 9.17) is 4.74 Å². The third-order valence-electron chi connectivity index (χ3n) is 6.30. The lowest BCUT2D eigenvalue weighted by Crippen LogP contribution is -2.26. The van der Waals surface area contributed by atoms with Crippen molar-refractivity contribution in [2.75, 3.05) is 17.4 Å². The van der Waals surface area contributed by atoms with Gasteiger partial charge in [0, 0.05) is 16.8 Å². The molecule has 0 spiro atoms. The summed E-state index contributed by atoms with van der Waals surface area (Å²) in [5, 5.41) is 24.4. The number of fused-ring (bicyclic) bond motifs is 1. The predicted molar refractivity (Wildman–Crippen MR) is 142 cm³/mol. The van der Waals surface area contributed by atoms with Gasteiger partial charge in [-0.15, -0.1) is 0 Å². The molecule has 202 valence electrons. The molecule has 0 unspecified atom stereocenters. The molecule has 1 aliphatic rings. The van der Waals surface area contributed by atoms with Crippen LogP contribution in [0, 0.1) is 0 Å². The van der Waals surface area contributed by atoms with Crippen molar-refractivity contribution < 1.29 is 37.7 Å². The quantitative estimate of drug-likeness (QED) is 0.194. The molecule has 0 fully saturated rings. The maximum Gasteiger partial charge on any atom is 0.416 e. The first kappa shape index (κ1) is 26.3. The number of aromatic hydroxyl groups is 1. The van der Waals surface area contributed by atoms with E-state index in [1.54, 1.807) is 30.3 Å². The molecule has 3 N–H and O–H groups in total. The molecule has 0 atom stereocenters. The summed E-state index contributed by atoms with van der Waals surface area (Å²) in [5.74, 6) is -1.58. The summed E-state index contributed by atoms with van der Waals surface area (Å²) in [6.45, 7) is 0. The first-order chi connectivity index (χ1) is 19.1. The summed E-state index contributed by atoms with van der Waals surface area (Å²) in [5.41, 5.74) is 2.86. The fourth-order valence-electron chi connectivity index (χ4n) is 4.32. The maximum absolute atomic E-state index is 13.5. The normalized spacial score (nSPS) is 13.8. The van der Waals surface area contributed by atoms with Gasteiger partial charge in [0.1, 0.15) is 11.5 Å². The molecule has 40 heavy (non-hydrogen) atoms. The number of carbonyl (C=O) groups is 2. The Kier molecular flexibility index (Phi) is 6.64. The minimum Gasteiger partial charge on any atom is -0.505 e. The molecular weight excluding hydrogens is 527 g/mol. The van der Waals surface area contributed by atoms with Crippen LogP contribution in [0.3, 0.4) is 0 Å². The van der Waals surface area contributed by atoms with Crippen molar-refractivity contribution in [1.29, 1.82) is 0 Å². The number of phenols is 1. The van der Waals surface area contributed by atoms with Crippen LogP contribution in [-0.4, -0.2) is 34.9 Å². The summed E-state index contributed by atoms with van der Waals surface area (Å²) in [6, 6.07) is 19.8. The standard InChI is InChI=1S/C29H20F3N3O5/c1-40-20-11-9-19(10-12-20)35-24-15-18(29(30,31)32)8-13-22(24)25(27(35)37)34-33-23-7-3-6-21(26(23)36)16-4-2-5-17(14-16)28(38)39/h2-15,33,36H,1H3,(H,38,39)/b34-25-. The molecule has 5 rings (SSSR count). The number of anilines is 3. The third kappa shape index (κ3) is 4.80. The molecule has 4 aromatic rings. The monoisotopic (exact) mass is 547 g/mol. The van der Waals surface area contributed by atoms with Gasteiger partial charge in [-0.1, -0.05) is 24.3 Å². The smallest absolute Gasteiger partial charge is 0.416 e. The Morgan fingerprint density at radius 2 is 1.68 bits per heavy atom. The third-order valence-corrected chi connectivity index (χ3v) is 6.30. The fraction of sp³-hybridized carbons (Fsp3) is 0.0690. The molecule has 0 aliphatic carbocycles. The van der Waals surface area contributed by atoms with Crippen LogP contribution in [-0.2, 0) is 11.0 Å². The number of halogens is 3. The van der Waals surface area contributed by atoms with Crippen molar-refractivity contribution >= 4 is 34.7 Å². The van der Waals surface area contributed by atoms with E-state index in [2.05, 4.69) is 10.5 Å². The number of aromatic carboxylic acids is 1. The zero-order chi connectivity index (χ0) is 28.6. The molecule has 0 bridgehead atoms. The number of nitrogens with one attached hydrogen (secondary N) is 1. The molecule has 0 saturated heterocycles. The van der Waals surface area contributed by atoms with Crippen LogP contribution in [0.5, 0.6) is 11.5 Å². The molecule has 11 heteroatoms. The summed E-state index contributed by atoms with van der Waals surface area (Å²) < 4.78 is 45.7. The number of carboxylic acids is 1. The van der Waals surface area contributed by atoms with Crippen molar-refractivity contribution in [2.24, 2.45) is 5.10 Å². The predicted octanol–water partition coefficient (Wildman–Crippen LogP) is 6.28. The zero-order valence-corrected chi connectivity index (χ0v) is 20.7. The molecule has 0 saturated carbocycles. The fourth-order valence-corrected chi connectivity index (χ4v) is 4.32. The van der Waals surface area contributed by atoms with Crippen LogP contribution >= 0.6 is 0 Å². The van der Waals surface area contributed by atoms with Crippen molar-refractivity contribution in [3.05, 3.63) is 102 Å². The minimum atomic E-state index is -4.63. The highest BCUT2D eigenvalue weighted by Gasteiger charge is 2.39. The van der Waals surface area contributed by atoms with Crippen LogP contribution in [0.2, 0.25) is 0 Å². The van der Waals surface area contributed by atoms with Gasteiger partial charge in [0.05, 0.1) is 29.6 Å². The topological polar surface area (TPSA) is 111 Å². The number of para-hydroxylation sites is 1. The zero-order valence-electron chi connectivity index (χ0n) is 20.7. The average Bonchev–Trinajstić information content (AvgIpc) is 3.22. The molecule has 0 radical (unpaired) electrons. The van der Waals surface area contributed by atoms with Gasteiger partial charge in [-0.25, -0.2) is 4.79 Å². The van der Waals surface area contributed by atoms with E-state index < -0.39 is 23.6 Å². The van der Waals surface area contributed by atoms with E-state index in [1.165, 1.54) is 49.6 Å². The van der Waals surface area contributed by atoms with Gasteiger partial charge < -0.3 is 14.9 Å². The number of rotatable bonds is 6. The second-order valence-corrected chi connectivity index (χ2v) is 8.73. The number of methoxy groups -OCH3 is 1. The largest absolute Gasteiger partial charge is 0.505 e. The van der Waals surface area contributed by atoms with Gasteiger partial charge in [0.2, 0.25) is 0 Å². The van der Waals surface area contributed by atoms with Crippen molar-refractivity contribution in [3.63, 3.8) is 0 Å². The number of ether oxygens (including phenoxy) is 1. The molecule has 0 aromatic heterocycles. The Hall–Kier alpha value is -5.32. The van der Waals surface area contributed by atoms with Gasteiger partial charge in [-0.3, -0.25) is 15.1 Å². The van der Waals surface area contributed by atoms with Gasteiger partial charge in [0.25, 0.3) is 5.91 Å². The number of phenolic OH excluding ortho intramolecular Hbond substituents is 1. The maximum atomic E-state index is 13.5. The van der Waals surface area contributed by atoms with Gasteiger partial charge >= 0.3 is 12.1 Å². The first-order valence-corrected chi connectivity index (χ1v) is 11.8. The molecule has 1 amide bonds. The van der Waals surface area contributed by atoms with Crippen molar-refractivity contribution in [3.8, 4) is 22.6 Å². The number of carbonyl (C=O) groups excluding carboxylic acids is 1. The number of nitrogens with zero attached hydrogens (tertiary/aromatic N) is 2. The molecule has 4 aromatic carbocycles. The van der Waals surface area contributed by atoms with E-state index in [-0.39, 0.29) is 34.0 Å². The summed E-state index contributed by atoms with van der Waals surface area (Å²) in [6.07, 6.45) is -4.63. The van der Waals surface area contributed by atoms with Gasteiger partial charge in [0.15, 0.2) is 5.71 Å². The molecule has 8 nitrogen and oxygen atoms in total. The Morgan fingerprint density at radius 3 is 2.35 bits per heavy atom. The van der Waals surface area contributed by atoms with E-state index in [0.29, 0.717) is 22.6 Å². The lowest BCUT2D eigenvalue weighted by atomic mass is 10.0. The summed E-state index contributed by atoms with van der Waals surface area (Å²) >= 11 is 0. The Labute approximate surface area is 225 Å². The second kappa shape index (κ2) is 10.1. The second-order valence-electron chi connectivity index (χ2n) is 8.73. The van der Waals surface area contributed by atoms with Crippen LogP contribution in [0.15, 0.2) is 90.0 Å². The number of benzene rings is 4. The Morgan fingerprint density at radius 1 is 0.950 bits per heavy atom. The Balaban J connectivity index is 1.55. The van der Waals surface area contributed by atoms with E-state index in [9.17, 15) is 33.0 Å². The van der Waals surface area contributed by atoms with E-state index in [0.717, 1.165) is 17.0 Å². The van der Waals surface area contributed by atoms with Gasteiger partial charge in [-0.05, 0) is 66.2 Å². The van der Waals surface area contributed by atoms with Crippen molar-refractivity contribution in [2.45, 2.75) is 6.18 Å². The minimum absolute atomic E-state index is 0.00556. The average molecular weight is 547 g/mol.